The number of H-pyrrole nitrogens is 1. The lowest BCUT2D eigenvalue weighted by Crippen LogP contribution is -2.53. The first-order chi connectivity index (χ1) is 11.7. The average molecular weight is 365 g/mol. The molecule has 0 saturated carbocycles. The average Bonchev–Trinajstić information content (AvgIpc) is 2.95. The highest BCUT2D eigenvalue weighted by molar-refractivity contribution is 7.90. The van der Waals surface area contributed by atoms with E-state index >= 15 is 0 Å². The summed E-state index contributed by atoms with van der Waals surface area (Å²) in [6, 6.07) is 4.48. The van der Waals surface area contributed by atoms with Crippen LogP contribution in [0.15, 0.2) is 18.3 Å². The molecule has 1 atom stereocenters. The van der Waals surface area contributed by atoms with Crippen molar-refractivity contribution < 1.29 is 8.42 Å². The van der Waals surface area contributed by atoms with E-state index in [2.05, 4.69) is 53.9 Å². The van der Waals surface area contributed by atoms with Gasteiger partial charge in [-0.3, -0.25) is 4.90 Å². The second-order valence-corrected chi connectivity index (χ2v) is 9.70. The van der Waals surface area contributed by atoms with E-state index in [4.69, 9.17) is 4.98 Å². The SMILES string of the molecule is CC(C)c1c[nH]c2ccc(N3CCN(CCS(C)(=O)=O)CC3C)nc12. The number of anilines is 1. The minimum Gasteiger partial charge on any atom is -0.360 e. The molecule has 138 valence electrons. The zero-order valence-electron chi connectivity index (χ0n) is 15.5. The van der Waals surface area contributed by atoms with Crippen LogP contribution in [-0.4, -0.2) is 67.5 Å². The first-order valence-electron chi connectivity index (χ1n) is 8.89. The predicted molar refractivity (Wildman–Crippen MR) is 103 cm³/mol. The fourth-order valence-corrected chi connectivity index (χ4v) is 4.07. The van der Waals surface area contributed by atoms with Crippen LogP contribution in [0.5, 0.6) is 0 Å². The first kappa shape index (κ1) is 18.2. The Morgan fingerprint density at radius 1 is 1.32 bits per heavy atom. The molecular formula is C18H28N4O2S. The van der Waals surface area contributed by atoms with E-state index in [1.165, 1.54) is 11.8 Å². The number of hydrogen-bond donors (Lipinski definition) is 1. The molecule has 3 rings (SSSR count). The fourth-order valence-electron chi connectivity index (χ4n) is 3.48. The summed E-state index contributed by atoms with van der Waals surface area (Å²) in [6.07, 6.45) is 3.35. The third-order valence-corrected chi connectivity index (χ3v) is 5.87. The van der Waals surface area contributed by atoms with E-state index in [1.807, 2.05) is 0 Å². The number of rotatable bonds is 5. The van der Waals surface area contributed by atoms with Crippen molar-refractivity contribution in [3.8, 4) is 0 Å². The summed E-state index contributed by atoms with van der Waals surface area (Å²) in [6.45, 7) is 9.74. The molecule has 2 aromatic rings. The number of hydrogen-bond acceptors (Lipinski definition) is 5. The summed E-state index contributed by atoms with van der Waals surface area (Å²) in [5.74, 6) is 1.66. The molecular weight excluding hydrogens is 336 g/mol. The smallest absolute Gasteiger partial charge is 0.148 e. The second-order valence-electron chi connectivity index (χ2n) is 7.44. The minimum atomic E-state index is -2.91. The molecule has 0 spiro atoms. The second kappa shape index (κ2) is 6.96. The number of nitrogens with zero attached hydrogens (tertiary/aromatic N) is 3. The van der Waals surface area contributed by atoms with Gasteiger partial charge in [0.25, 0.3) is 0 Å². The van der Waals surface area contributed by atoms with Crippen LogP contribution in [0.2, 0.25) is 0 Å². The minimum absolute atomic E-state index is 0.227. The van der Waals surface area contributed by atoms with Gasteiger partial charge in [0.15, 0.2) is 0 Å². The maximum atomic E-state index is 11.4. The lowest BCUT2D eigenvalue weighted by atomic mass is 10.1. The van der Waals surface area contributed by atoms with Gasteiger partial charge < -0.3 is 9.88 Å². The Morgan fingerprint density at radius 3 is 2.72 bits per heavy atom. The summed E-state index contributed by atoms with van der Waals surface area (Å²) in [5.41, 5.74) is 3.38. The molecule has 1 N–H and O–H groups in total. The van der Waals surface area contributed by atoms with Crippen LogP contribution in [0.3, 0.4) is 0 Å². The van der Waals surface area contributed by atoms with Crippen molar-refractivity contribution in [2.75, 3.05) is 43.1 Å². The molecule has 1 aliphatic heterocycles. The monoisotopic (exact) mass is 364 g/mol. The molecule has 3 heterocycles. The fraction of sp³-hybridized carbons (Fsp3) is 0.611. The number of pyridine rings is 1. The van der Waals surface area contributed by atoms with Crippen LogP contribution in [0.4, 0.5) is 5.82 Å². The third-order valence-electron chi connectivity index (χ3n) is 4.94. The third kappa shape index (κ3) is 4.15. The van der Waals surface area contributed by atoms with Crippen molar-refractivity contribution in [3.63, 3.8) is 0 Å². The Kier molecular flexibility index (Phi) is 5.06. The molecule has 0 amide bonds. The molecule has 0 radical (unpaired) electrons. The van der Waals surface area contributed by atoms with Gasteiger partial charge in [0.05, 0.1) is 16.8 Å². The Hall–Kier alpha value is -1.60. The van der Waals surface area contributed by atoms with Gasteiger partial charge in [-0.25, -0.2) is 13.4 Å². The van der Waals surface area contributed by atoms with Gasteiger partial charge in [-0.05, 0) is 30.5 Å². The molecule has 6 nitrogen and oxygen atoms in total. The van der Waals surface area contributed by atoms with E-state index in [1.54, 1.807) is 0 Å². The summed E-state index contributed by atoms with van der Waals surface area (Å²) < 4.78 is 22.8. The molecule has 0 bridgehead atoms. The number of piperazine rings is 1. The lowest BCUT2D eigenvalue weighted by Gasteiger charge is -2.40. The molecule has 1 fully saturated rings. The first-order valence-corrected chi connectivity index (χ1v) is 11.0. The standard InChI is InChI=1S/C18H28N4O2S/c1-13(2)15-11-19-16-5-6-17(20-18(15)16)22-8-7-21(12-14(22)3)9-10-25(4,23)24/h5-6,11,13-14,19H,7-10,12H2,1-4H3. The largest absolute Gasteiger partial charge is 0.360 e. The van der Waals surface area contributed by atoms with Crippen molar-refractivity contribution in [2.45, 2.75) is 32.7 Å². The quantitative estimate of drug-likeness (QED) is 0.881. The molecule has 1 unspecified atom stereocenters. The van der Waals surface area contributed by atoms with Crippen LogP contribution >= 0.6 is 0 Å². The van der Waals surface area contributed by atoms with Gasteiger partial charge in [0, 0.05) is 44.7 Å². The molecule has 7 heteroatoms. The van der Waals surface area contributed by atoms with E-state index in [0.29, 0.717) is 18.5 Å². The highest BCUT2D eigenvalue weighted by Gasteiger charge is 2.25. The molecule has 25 heavy (non-hydrogen) atoms. The van der Waals surface area contributed by atoms with E-state index in [0.717, 1.165) is 36.5 Å². The zero-order valence-corrected chi connectivity index (χ0v) is 16.3. The van der Waals surface area contributed by atoms with E-state index in [-0.39, 0.29) is 5.75 Å². The molecule has 0 aromatic carbocycles. The highest BCUT2D eigenvalue weighted by Crippen LogP contribution is 2.27. The zero-order chi connectivity index (χ0) is 18.2. The Bertz CT molecular complexity index is 844. The van der Waals surface area contributed by atoms with Crippen LogP contribution in [0, 0.1) is 0 Å². The number of nitrogens with one attached hydrogen (secondary N) is 1. The van der Waals surface area contributed by atoms with E-state index in [9.17, 15) is 8.42 Å². The van der Waals surface area contributed by atoms with Crippen LogP contribution in [0.1, 0.15) is 32.3 Å². The van der Waals surface area contributed by atoms with Gasteiger partial charge in [-0.15, -0.1) is 0 Å². The number of sulfone groups is 1. The lowest BCUT2D eigenvalue weighted by molar-refractivity contribution is 0.240. The predicted octanol–water partition coefficient (Wildman–Crippen LogP) is 2.24. The van der Waals surface area contributed by atoms with Gasteiger partial charge >= 0.3 is 0 Å². The maximum absolute atomic E-state index is 11.4. The molecule has 2 aromatic heterocycles. The van der Waals surface area contributed by atoms with Crippen molar-refractivity contribution in [1.29, 1.82) is 0 Å². The molecule has 0 aliphatic carbocycles. The Labute approximate surface area is 150 Å². The van der Waals surface area contributed by atoms with Gasteiger partial charge in [-0.2, -0.15) is 0 Å². The summed E-state index contributed by atoms with van der Waals surface area (Å²) in [5, 5.41) is 0. The van der Waals surface area contributed by atoms with Gasteiger partial charge in [0.1, 0.15) is 15.7 Å². The van der Waals surface area contributed by atoms with Crippen LogP contribution in [-0.2, 0) is 9.84 Å². The number of aromatic amines is 1. The topological polar surface area (TPSA) is 69.3 Å². The normalized spacial score (nSPS) is 19.9. The van der Waals surface area contributed by atoms with Crippen LogP contribution in [0.25, 0.3) is 11.0 Å². The van der Waals surface area contributed by atoms with Crippen molar-refractivity contribution in [3.05, 3.63) is 23.9 Å². The van der Waals surface area contributed by atoms with Crippen molar-refractivity contribution in [2.24, 2.45) is 0 Å². The number of fused-ring (bicyclic) bond motifs is 1. The van der Waals surface area contributed by atoms with Crippen molar-refractivity contribution in [1.82, 2.24) is 14.9 Å². The summed E-state index contributed by atoms with van der Waals surface area (Å²) in [7, 11) is -2.91. The summed E-state index contributed by atoms with van der Waals surface area (Å²) >= 11 is 0. The molecule has 1 aliphatic rings. The summed E-state index contributed by atoms with van der Waals surface area (Å²) in [4.78, 5) is 12.8. The highest BCUT2D eigenvalue weighted by atomic mass is 32.2. The molecule has 1 saturated heterocycles. The van der Waals surface area contributed by atoms with E-state index < -0.39 is 9.84 Å². The van der Waals surface area contributed by atoms with Crippen LogP contribution < -0.4 is 4.90 Å². The van der Waals surface area contributed by atoms with Crippen molar-refractivity contribution >= 4 is 26.7 Å². The Balaban J connectivity index is 1.74. The maximum Gasteiger partial charge on any atom is 0.148 e. The number of aromatic nitrogens is 2. The van der Waals surface area contributed by atoms with Gasteiger partial charge in [0.2, 0.25) is 0 Å². The van der Waals surface area contributed by atoms with Gasteiger partial charge in [-0.1, -0.05) is 13.8 Å². The Morgan fingerprint density at radius 2 is 2.08 bits per heavy atom.